The van der Waals surface area contributed by atoms with Gasteiger partial charge in [0.2, 0.25) is 0 Å². The highest BCUT2D eigenvalue weighted by Crippen LogP contribution is 2.43. The van der Waals surface area contributed by atoms with Crippen molar-refractivity contribution in [2.75, 3.05) is 26.4 Å². The van der Waals surface area contributed by atoms with Crippen LogP contribution in [0.4, 0.5) is 8.39 Å². The van der Waals surface area contributed by atoms with Gasteiger partial charge in [-0.15, -0.1) is 27.3 Å². The van der Waals surface area contributed by atoms with Crippen LogP contribution in [0.2, 0.25) is 0 Å². The molecule has 8 heteroatoms. The Kier molecular flexibility index (Phi) is 14.8. The van der Waals surface area contributed by atoms with Gasteiger partial charge in [0, 0.05) is 6.42 Å². The molecule has 0 amide bonds. The van der Waals surface area contributed by atoms with E-state index in [9.17, 15) is 13.5 Å². The van der Waals surface area contributed by atoms with Gasteiger partial charge in [0.05, 0.1) is 26.4 Å². The van der Waals surface area contributed by atoms with E-state index in [2.05, 4.69) is 12.5 Å². The van der Waals surface area contributed by atoms with E-state index in [0.717, 1.165) is 6.42 Å². The van der Waals surface area contributed by atoms with Crippen LogP contribution in [0.15, 0.2) is 12.7 Å². The summed E-state index contributed by atoms with van der Waals surface area (Å²) in [5.41, 5.74) is 0. The molecule has 1 atom stereocenters. The zero-order valence-electron chi connectivity index (χ0n) is 10.5. The van der Waals surface area contributed by atoms with Crippen molar-refractivity contribution in [2.45, 2.75) is 18.9 Å². The topological polar surface area (TPSA) is 76.0 Å². The number of ether oxygens (including phenoxy) is 2. The van der Waals surface area contributed by atoms with Gasteiger partial charge in [0.15, 0.2) is 0 Å². The van der Waals surface area contributed by atoms with Crippen molar-refractivity contribution in [3.05, 3.63) is 12.7 Å². The molecule has 0 heterocycles. The molecule has 0 bridgehead atoms. The minimum absolute atomic E-state index is 0.274. The third kappa shape index (κ3) is 31.7. The number of hydrogen-bond donors (Lipinski definition) is 2. The van der Waals surface area contributed by atoms with Crippen molar-refractivity contribution >= 4 is 7.99 Å². The van der Waals surface area contributed by atoms with Crippen molar-refractivity contribution in [1.29, 1.82) is 0 Å². The van der Waals surface area contributed by atoms with E-state index in [1.54, 1.807) is 6.08 Å². The maximum atomic E-state index is 10.1. The lowest BCUT2D eigenvalue weighted by Gasteiger charge is -2.10. The van der Waals surface area contributed by atoms with Crippen LogP contribution < -0.4 is 0 Å². The fourth-order valence-electron chi connectivity index (χ4n) is 0.785. The number of terminal acetylenes is 1. The van der Waals surface area contributed by atoms with Crippen LogP contribution in [0, 0.1) is 12.3 Å². The quantitative estimate of drug-likeness (QED) is 0.295. The lowest BCUT2D eigenvalue weighted by Crippen LogP contribution is -2.22. The van der Waals surface area contributed by atoms with Gasteiger partial charge in [-0.05, 0) is 6.42 Å². The summed E-state index contributed by atoms with van der Waals surface area (Å²) in [5, 5.41) is 9.32. The molecule has 0 aromatic carbocycles. The van der Waals surface area contributed by atoms with E-state index in [1.165, 1.54) is 0 Å². The molecule has 0 aliphatic rings. The Morgan fingerprint density at radius 3 is 2.26 bits per heavy atom. The molecule has 0 aromatic heterocycles. The van der Waals surface area contributed by atoms with Crippen molar-refractivity contribution < 1.29 is 32.4 Å². The molecule has 0 saturated carbocycles. The van der Waals surface area contributed by atoms with Crippen molar-refractivity contribution in [2.24, 2.45) is 0 Å². The Bertz CT molecular complexity index is 292. The lowest BCUT2D eigenvalue weighted by atomic mass is 10.4. The fraction of sp³-hybridized carbons (Fsp3) is 0.636. The fourth-order valence-corrected chi connectivity index (χ4v) is 0.785. The highest BCUT2D eigenvalue weighted by molar-refractivity contribution is 7.46. The third-order valence-electron chi connectivity index (χ3n) is 1.48. The summed E-state index contributed by atoms with van der Waals surface area (Å²) in [6.07, 6.45) is 7.60. The van der Waals surface area contributed by atoms with Crippen LogP contribution in [-0.4, -0.2) is 42.5 Å². The van der Waals surface area contributed by atoms with Crippen LogP contribution in [-0.2, 0) is 14.0 Å². The average molecular weight is 300 g/mol. The van der Waals surface area contributed by atoms with E-state index in [4.69, 9.17) is 25.4 Å². The van der Waals surface area contributed by atoms with E-state index >= 15 is 0 Å². The van der Waals surface area contributed by atoms with Crippen LogP contribution >= 0.6 is 7.99 Å². The van der Waals surface area contributed by atoms with Gasteiger partial charge in [0.25, 0.3) is 0 Å². The highest BCUT2D eigenvalue weighted by Gasteiger charge is 2.09. The third-order valence-corrected chi connectivity index (χ3v) is 1.48. The number of hydrogen-bond acceptors (Lipinski definition) is 4. The molecule has 0 spiro atoms. The summed E-state index contributed by atoms with van der Waals surface area (Å²) in [4.78, 5) is 6.74. The van der Waals surface area contributed by atoms with Gasteiger partial charge in [-0.3, -0.25) is 4.89 Å². The van der Waals surface area contributed by atoms with Crippen molar-refractivity contribution in [1.82, 2.24) is 0 Å². The molecule has 0 aliphatic heterocycles. The monoisotopic (exact) mass is 300 g/mol. The Labute approximate surface area is 111 Å². The standard InChI is InChI=1S/C11H18O3.F2HO2P/c1-3-5-7-13-9-11(12)10-14-8-6-4-2;1-5(2,3)4/h1,4,11-12H,2,5-10H2;(H,3,4). The van der Waals surface area contributed by atoms with Gasteiger partial charge < -0.3 is 14.6 Å². The normalized spacial score (nSPS) is 11.9. The Balaban J connectivity index is 0. The summed E-state index contributed by atoms with van der Waals surface area (Å²) >= 11 is 0. The Morgan fingerprint density at radius 2 is 1.84 bits per heavy atom. The van der Waals surface area contributed by atoms with Gasteiger partial charge in [-0.25, -0.2) is 4.57 Å². The first kappa shape index (κ1) is 20.5. The van der Waals surface area contributed by atoms with Crippen LogP contribution in [0.1, 0.15) is 12.8 Å². The second kappa shape index (κ2) is 13.7. The van der Waals surface area contributed by atoms with E-state index in [-0.39, 0.29) is 6.61 Å². The van der Waals surface area contributed by atoms with Gasteiger partial charge in [0.1, 0.15) is 6.10 Å². The lowest BCUT2D eigenvalue weighted by molar-refractivity contribution is -0.0166. The summed E-state index contributed by atoms with van der Waals surface area (Å²) in [5.74, 6) is 2.45. The second-order valence-electron chi connectivity index (χ2n) is 3.27. The maximum Gasteiger partial charge on any atom is 0.549 e. The van der Waals surface area contributed by atoms with E-state index < -0.39 is 14.1 Å². The SMILES string of the molecule is C#CCCOCC(O)COCCC=C.O=P(O)(F)F. The molecule has 0 fully saturated rings. The molecular formula is C11H19F2O5P. The molecule has 112 valence electrons. The first-order valence-corrected chi connectivity index (χ1v) is 6.85. The summed E-state index contributed by atoms with van der Waals surface area (Å²) in [6.45, 7) is 5.21. The Hall–Kier alpha value is -0.770. The predicted molar refractivity (Wildman–Crippen MR) is 68.0 cm³/mol. The predicted octanol–water partition coefficient (Wildman–Crippen LogP) is 2.01. The number of halogens is 2. The average Bonchev–Trinajstić information content (AvgIpc) is 2.28. The zero-order chi connectivity index (χ0) is 15.1. The van der Waals surface area contributed by atoms with Crippen LogP contribution in [0.3, 0.4) is 0 Å². The molecular weight excluding hydrogens is 281 g/mol. The van der Waals surface area contributed by atoms with Gasteiger partial charge in [-0.1, -0.05) is 6.08 Å². The highest BCUT2D eigenvalue weighted by atomic mass is 31.2. The van der Waals surface area contributed by atoms with Crippen molar-refractivity contribution in [3.8, 4) is 12.3 Å². The van der Waals surface area contributed by atoms with Crippen LogP contribution in [0.25, 0.3) is 0 Å². The smallest absolute Gasteiger partial charge is 0.388 e. The van der Waals surface area contributed by atoms with Crippen LogP contribution in [0.5, 0.6) is 0 Å². The minimum Gasteiger partial charge on any atom is -0.388 e. The minimum atomic E-state index is -5.64. The van der Waals surface area contributed by atoms with E-state index in [1.807, 2.05) is 0 Å². The summed E-state index contributed by atoms with van der Waals surface area (Å²) in [7, 11) is -5.64. The largest absolute Gasteiger partial charge is 0.549 e. The second-order valence-corrected chi connectivity index (χ2v) is 4.14. The number of aliphatic hydroxyl groups is 1. The zero-order valence-corrected chi connectivity index (χ0v) is 11.4. The molecule has 1 unspecified atom stereocenters. The van der Waals surface area contributed by atoms with Crippen molar-refractivity contribution in [3.63, 3.8) is 0 Å². The molecule has 0 aliphatic carbocycles. The molecule has 0 aromatic rings. The molecule has 0 rings (SSSR count). The summed E-state index contributed by atoms with van der Waals surface area (Å²) in [6, 6.07) is 0. The van der Waals surface area contributed by atoms with Gasteiger partial charge >= 0.3 is 7.99 Å². The Morgan fingerprint density at radius 1 is 1.37 bits per heavy atom. The van der Waals surface area contributed by atoms with Gasteiger partial charge in [-0.2, -0.15) is 0 Å². The maximum absolute atomic E-state index is 10.1. The van der Waals surface area contributed by atoms with E-state index in [0.29, 0.717) is 26.2 Å². The number of aliphatic hydroxyl groups excluding tert-OH is 1. The number of rotatable bonds is 9. The molecule has 0 radical (unpaired) electrons. The summed E-state index contributed by atoms with van der Waals surface area (Å²) < 4.78 is 39.0. The molecule has 19 heavy (non-hydrogen) atoms. The molecule has 5 nitrogen and oxygen atoms in total. The molecule has 0 saturated heterocycles. The first-order valence-electron chi connectivity index (χ1n) is 5.41. The molecule has 2 N–H and O–H groups in total. The first-order chi connectivity index (χ1) is 8.81.